The van der Waals surface area contributed by atoms with Gasteiger partial charge in [0.25, 0.3) is 0 Å². The number of hydrogen-bond acceptors (Lipinski definition) is 3. The quantitative estimate of drug-likeness (QED) is 0.165. The maximum absolute atomic E-state index is 5.38. The molecule has 0 atom stereocenters. The lowest BCUT2D eigenvalue weighted by Gasteiger charge is -2.13. The molecular weight excluding hydrogens is 717 g/mol. The monoisotopic (exact) mass is 750 g/mol. The van der Waals surface area contributed by atoms with Crippen molar-refractivity contribution in [2.45, 2.75) is 0 Å². The van der Waals surface area contributed by atoms with Crippen LogP contribution in [0.25, 0.3) is 116 Å². The number of nitrogens with zero attached hydrogens (tertiary/aromatic N) is 4. The average molecular weight is 751 g/mol. The third-order valence-electron chi connectivity index (χ3n) is 11.8. The Labute approximate surface area is 340 Å². The molecule has 0 aliphatic rings. The number of aromatic nitrogens is 4. The first kappa shape index (κ1) is 33.2. The van der Waals surface area contributed by atoms with Crippen LogP contribution in [0.3, 0.4) is 0 Å². The molecule has 59 heavy (non-hydrogen) atoms. The second-order valence-electron chi connectivity index (χ2n) is 15.2. The van der Waals surface area contributed by atoms with Gasteiger partial charge in [0, 0.05) is 27.3 Å². The van der Waals surface area contributed by atoms with Crippen molar-refractivity contribution in [3.8, 4) is 51.0 Å². The highest BCUT2D eigenvalue weighted by Gasteiger charge is 2.23. The van der Waals surface area contributed by atoms with Crippen molar-refractivity contribution < 1.29 is 0 Å². The van der Waals surface area contributed by atoms with Gasteiger partial charge in [0.05, 0.1) is 11.0 Å². The molecule has 12 rings (SSSR count). The second kappa shape index (κ2) is 13.3. The van der Waals surface area contributed by atoms with Gasteiger partial charge in [0.1, 0.15) is 0 Å². The van der Waals surface area contributed by atoms with Gasteiger partial charge in [-0.25, -0.2) is 4.98 Å². The first-order chi connectivity index (χ1) is 29.3. The summed E-state index contributed by atoms with van der Waals surface area (Å²) >= 11 is 0. The Bertz CT molecular complexity index is 3550. The fourth-order valence-electron chi connectivity index (χ4n) is 9.11. The first-order valence-corrected chi connectivity index (χ1v) is 20.0. The predicted octanol–water partition coefficient (Wildman–Crippen LogP) is 14.2. The summed E-state index contributed by atoms with van der Waals surface area (Å²) in [6.07, 6.45) is 0. The zero-order valence-electron chi connectivity index (χ0n) is 31.9. The highest BCUT2D eigenvalue weighted by molar-refractivity contribution is 6.37. The Kier molecular flexibility index (Phi) is 7.50. The lowest BCUT2D eigenvalue weighted by atomic mass is 9.91. The summed E-state index contributed by atoms with van der Waals surface area (Å²) < 4.78 is 2.26. The van der Waals surface area contributed by atoms with Crippen molar-refractivity contribution in [1.82, 2.24) is 19.5 Å². The van der Waals surface area contributed by atoms with Gasteiger partial charge < -0.3 is 0 Å². The van der Waals surface area contributed by atoms with Crippen molar-refractivity contribution in [2.75, 3.05) is 0 Å². The van der Waals surface area contributed by atoms with Crippen molar-refractivity contribution in [3.05, 3.63) is 206 Å². The Morgan fingerprint density at radius 3 is 1.46 bits per heavy atom. The molecule has 0 aliphatic heterocycles. The largest absolute Gasteiger partial charge is 0.278 e. The predicted molar refractivity (Wildman–Crippen MR) is 246 cm³/mol. The molecular formula is C55H34N4. The number of hydrogen-bond donors (Lipinski definition) is 0. The fraction of sp³-hybridized carbons (Fsp3) is 0. The fourth-order valence-corrected chi connectivity index (χ4v) is 9.11. The van der Waals surface area contributed by atoms with Crippen LogP contribution in [0.15, 0.2) is 206 Å². The van der Waals surface area contributed by atoms with E-state index in [0.717, 1.165) is 38.9 Å². The lowest BCUT2D eigenvalue weighted by molar-refractivity contribution is 0.954. The molecule has 0 unspecified atom stereocenters. The molecule has 0 saturated heterocycles. The van der Waals surface area contributed by atoms with E-state index < -0.39 is 0 Å². The molecule has 0 bridgehead atoms. The van der Waals surface area contributed by atoms with Gasteiger partial charge in [0.15, 0.2) is 11.6 Å². The SMILES string of the molecule is c1ccc(-c2ccc(-c3nc(-c4cccc(-c5ccccc5)c4)nc(-n4c5ccc6ccccc6c5c5c6c7ccccc7c7ccccc7c6ccc54)n3)cc2)cc1. The molecule has 4 heteroatoms. The third-order valence-corrected chi connectivity index (χ3v) is 11.8. The van der Waals surface area contributed by atoms with Crippen LogP contribution in [0.2, 0.25) is 0 Å². The van der Waals surface area contributed by atoms with E-state index in [1.807, 2.05) is 12.1 Å². The minimum atomic E-state index is 0.571. The average Bonchev–Trinajstić information content (AvgIpc) is 3.67. The minimum absolute atomic E-state index is 0.571. The topological polar surface area (TPSA) is 43.6 Å². The van der Waals surface area contributed by atoms with Gasteiger partial charge in [-0.15, -0.1) is 0 Å². The molecule has 0 amide bonds. The summed E-state index contributed by atoms with van der Waals surface area (Å²) in [4.78, 5) is 16.0. The number of benzene rings is 10. The number of rotatable bonds is 5. The van der Waals surface area contributed by atoms with Crippen LogP contribution >= 0.6 is 0 Å². The molecule has 0 radical (unpaired) electrons. The molecule has 0 saturated carbocycles. The van der Waals surface area contributed by atoms with Crippen molar-refractivity contribution in [2.24, 2.45) is 0 Å². The van der Waals surface area contributed by atoms with Crippen LogP contribution in [0.4, 0.5) is 0 Å². The smallest absolute Gasteiger partial charge is 0.238 e. The van der Waals surface area contributed by atoms with E-state index in [0.29, 0.717) is 17.6 Å². The van der Waals surface area contributed by atoms with E-state index in [2.05, 4.69) is 199 Å². The van der Waals surface area contributed by atoms with Gasteiger partial charge in [0.2, 0.25) is 5.95 Å². The Hall–Kier alpha value is -7.95. The molecule has 0 N–H and O–H groups in total. The van der Waals surface area contributed by atoms with Gasteiger partial charge in [-0.05, 0) is 78.2 Å². The van der Waals surface area contributed by atoms with Gasteiger partial charge in [-0.2, -0.15) is 9.97 Å². The molecule has 0 spiro atoms. The molecule has 0 aliphatic carbocycles. The van der Waals surface area contributed by atoms with E-state index in [-0.39, 0.29) is 0 Å². The van der Waals surface area contributed by atoms with Gasteiger partial charge in [-0.1, -0.05) is 188 Å². The Balaban J connectivity index is 1.18. The molecule has 274 valence electrons. The van der Waals surface area contributed by atoms with Gasteiger partial charge in [-0.3, -0.25) is 4.57 Å². The maximum Gasteiger partial charge on any atom is 0.238 e. The molecule has 0 fully saturated rings. The molecule has 2 heterocycles. The third kappa shape index (κ3) is 5.34. The van der Waals surface area contributed by atoms with E-state index in [1.54, 1.807) is 0 Å². The lowest BCUT2D eigenvalue weighted by Crippen LogP contribution is -2.06. The molecule has 10 aromatic carbocycles. The van der Waals surface area contributed by atoms with Crippen molar-refractivity contribution in [3.63, 3.8) is 0 Å². The first-order valence-electron chi connectivity index (χ1n) is 20.0. The highest BCUT2D eigenvalue weighted by atomic mass is 15.2. The van der Waals surface area contributed by atoms with Crippen molar-refractivity contribution in [1.29, 1.82) is 0 Å². The van der Waals surface area contributed by atoms with Crippen LogP contribution in [0.5, 0.6) is 0 Å². The molecule has 4 nitrogen and oxygen atoms in total. The van der Waals surface area contributed by atoms with E-state index in [9.17, 15) is 0 Å². The Morgan fingerprint density at radius 1 is 0.271 bits per heavy atom. The normalized spacial score (nSPS) is 11.7. The minimum Gasteiger partial charge on any atom is -0.278 e. The summed E-state index contributed by atoms with van der Waals surface area (Å²) in [5, 5.41) is 12.2. The van der Waals surface area contributed by atoms with E-state index >= 15 is 0 Å². The second-order valence-corrected chi connectivity index (χ2v) is 15.2. The van der Waals surface area contributed by atoms with Crippen LogP contribution < -0.4 is 0 Å². The summed E-state index contributed by atoms with van der Waals surface area (Å²) in [6, 6.07) is 73.3. The summed E-state index contributed by atoms with van der Waals surface area (Å²) in [7, 11) is 0. The van der Waals surface area contributed by atoms with Crippen LogP contribution in [-0.2, 0) is 0 Å². The van der Waals surface area contributed by atoms with E-state index in [1.165, 1.54) is 59.4 Å². The standard InChI is InChI=1S/C55H34N4/c1-3-14-35(15-4-1)37-26-28-39(29-27-37)53-56-54(41-20-13-19-40(34-41)36-16-5-2-6-17-36)58-55(57-53)59-48-32-30-38-18-7-8-21-42(38)51(48)52-49(59)33-31-47-45-24-10-9-22-43(45)44-23-11-12-25-46(44)50(47)52/h1-34H. The van der Waals surface area contributed by atoms with Crippen LogP contribution in [0.1, 0.15) is 0 Å². The Morgan fingerprint density at radius 2 is 0.746 bits per heavy atom. The molecule has 2 aromatic heterocycles. The summed E-state index contributed by atoms with van der Waals surface area (Å²) in [5.74, 6) is 1.80. The van der Waals surface area contributed by atoms with Gasteiger partial charge >= 0.3 is 0 Å². The zero-order valence-corrected chi connectivity index (χ0v) is 31.9. The van der Waals surface area contributed by atoms with Crippen LogP contribution in [-0.4, -0.2) is 19.5 Å². The molecule has 12 aromatic rings. The summed E-state index contributed by atoms with van der Waals surface area (Å²) in [6.45, 7) is 0. The summed E-state index contributed by atoms with van der Waals surface area (Å²) in [5.41, 5.74) is 8.48. The number of fused-ring (bicyclic) bond motifs is 12. The van der Waals surface area contributed by atoms with Crippen molar-refractivity contribution >= 4 is 64.9 Å². The van der Waals surface area contributed by atoms with Crippen LogP contribution in [0, 0.1) is 0 Å². The highest BCUT2D eigenvalue weighted by Crippen LogP contribution is 2.45. The van der Waals surface area contributed by atoms with E-state index in [4.69, 9.17) is 15.0 Å². The maximum atomic E-state index is 5.38. The zero-order chi connectivity index (χ0) is 38.9.